The monoisotopic (exact) mass is 346 g/mol. The molecule has 0 aromatic carbocycles. The lowest BCUT2D eigenvalue weighted by molar-refractivity contribution is 0.265. The normalized spacial score (nSPS) is 8.04. The van der Waals surface area contributed by atoms with E-state index >= 15 is 0 Å². The maximum absolute atomic E-state index is 3.36. The molecule has 0 radical (unpaired) electrons. The Morgan fingerprint density at radius 2 is 0.958 bits per heavy atom. The summed E-state index contributed by atoms with van der Waals surface area (Å²) in [5, 5.41) is 0. The van der Waals surface area contributed by atoms with Crippen LogP contribution in [0.3, 0.4) is 0 Å². The van der Waals surface area contributed by atoms with E-state index in [0.717, 1.165) is 0 Å². The Morgan fingerprint density at radius 1 is 0.708 bits per heavy atom. The third kappa shape index (κ3) is 67.8. The smallest absolute Gasteiger partial charge is 0.0331 e. The average Bonchev–Trinajstić information content (AvgIpc) is 2.64. The number of hydrogen-bond acceptors (Lipinski definition) is 0. The third-order valence-corrected chi connectivity index (χ3v) is 3.34. The Labute approximate surface area is 159 Å². The molecule has 0 rings (SSSR count). The van der Waals surface area contributed by atoms with E-state index in [0.29, 0.717) is 5.41 Å². The van der Waals surface area contributed by atoms with Crippen LogP contribution >= 0.6 is 0 Å². The zero-order chi connectivity index (χ0) is 20.9. The van der Waals surface area contributed by atoms with E-state index < -0.39 is 0 Å². The van der Waals surface area contributed by atoms with Gasteiger partial charge in [-0.25, -0.2) is 0 Å². The van der Waals surface area contributed by atoms with Crippen molar-refractivity contribution in [1.82, 2.24) is 0 Å². The fraction of sp³-hybridized carbons (Fsp3) is 0.917. The van der Waals surface area contributed by atoms with Crippen LogP contribution in [0.5, 0.6) is 0 Å². The predicted molar refractivity (Wildman–Crippen MR) is 123 cm³/mol. The lowest BCUT2D eigenvalue weighted by Gasteiger charge is -2.26. The first kappa shape index (κ1) is 39.0. The molecule has 0 nitrogen and oxygen atoms in total. The van der Waals surface area contributed by atoms with Crippen molar-refractivity contribution in [2.24, 2.45) is 5.41 Å². The van der Waals surface area contributed by atoms with Gasteiger partial charge >= 0.3 is 0 Å². The molecule has 24 heavy (non-hydrogen) atoms. The molecule has 0 fully saturated rings. The predicted octanol–water partition coefficient (Wildman–Crippen LogP) is 10.5. The number of allylic oxidation sites excluding steroid dienone is 1. The summed E-state index contributed by atoms with van der Waals surface area (Å²) in [6, 6.07) is 0. The van der Waals surface area contributed by atoms with E-state index in [2.05, 4.69) is 62.0 Å². The molecule has 0 spiro atoms. The zero-order valence-corrected chi connectivity index (χ0v) is 20.4. The van der Waals surface area contributed by atoms with Crippen molar-refractivity contribution in [3.8, 4) is 0 Å². The van der Waals surface area contributed by atoms with Crippen molar-refractivity contribution in [1.29, 1.82) is 0 Å². The summed E-state index contributed by atoms with van der Waals surface area (Å²) in [5.41, 5.74) is 0.635. The Hall–Kier alpha value is -0.260. The first-order valence-corrected chi connectivity index (χ1v) is 11.0. The summed E-state index contributed by atoms with van der Waals surface area (Å²) in [7, 11) is 0. The molecule has 0 atom stereocenters. The molecule has 0 saturated heterocycles. The van der Waals surface area contributed by atoms with Crippen LogP contribution in [0.1, 0.15) is 141 Å². The van der Waals surface area contributed by atoms with E-state index in [1.165, 1.54) is 51.4 Å². The van der Waals surface area contributed by atoms with Crippen LogP contribution in [0.4, 0.5) is 0 Å². The maximum Gasteiger partial charge on any atom is -0.0331 e. The van der Waals surface area contributed by atoms with Crippen molar-refractivity contribution in [2.45, 2.75) is 141 Å². The lowest BCUT2D eigenvalue weighted by atomic mass is 9.80. The van der Waals surface area contributed by atoms with Gasteiger partial charge in [0.25, 0.3) is 0 Å². The van der Waals surface area contributed by atoms with Crippen molar-refractivity contribution in [2.75, 3.05) is 0 Å². The SMILES string of the molecule is C=CC.CC.CC.CCC.CCCC.CCCCC(C)(CC)CC. The van der Waals surface area contributed by atoms with Crippen molar-refractivity contribution in [3.63, 3.8) is 0 Å². The summed E-state index contributed by atoms with van der Waals surface area (Å²) in [5.74, 6) is 0. The second-order valence-electron chi connectivity index (χ2n) is 5.74. The highest BCUT2D eigenvalue weighted by Crippen LogP contribution is 2.31. The van der Waals surface area contributed by atoms with Gasteiger partial charge in [-0.2, -0.15) is 0 Å². The molecule has 0 amide bonds. The highest BCUT2D eigenvalue weighted by molar-refractivity contribution is 4.69. The molecule has 0 aliphatic carbocycles. The van der Waals surface area contributed by atoms with Crippen LogP contribution in [0.25, 0.3) is 0 Å². The van der Waals surface area contributed by atoms with Crippen LogP contribution < -0.4 is 0 Å². The van der Waals surface area contributed by atoms with Gasteiger partial charge in [0.05, 0.1) is 0 Å². The Bertz CT molecular complexity index is 129. The minimum Gasteiger partial charge on any atom is -0.103 e. The number of unbranched alkanes of at least 4 members (excludes halogenated alkanes) is 2. The molecule has 0 N–H and O–H groups in total. The summed E-state index contributed by atoms with van der Waals surface area (Å²) in [6.07, 6.45) is 12.5. The molecule has 0 aliphatic heterocycles. The Kier molecular flexibility index (Phi) is 80.4. The zero-order valence-electron chi connectivity index (χ0n) is 20.4. The molecular weight excluding hydrogens is 288 g/mol. The first-order chi connectivity index (χ1) is 11.4. The molecule has 0 bridgehead atoms. The summed E-state index contributed by atoms with van der Waals surface area (Å²) >= 11 is 0. The fourth-order valence-corrected chi connectivity index (χ4v) is 1.21. The van der Waals surface area contributed by atoms with Crippen molar-refractivity contribution < 1.29 is 0 Å². The maximum atomic E-state index is 3.36. The van der Waals surface area contributed by atoms with Gasteiger partial charge in [-0.1, -0.05) is 134 Å². The topological polar surface area (TPSA) is 0 Å². The van der Waals surface area contributed by atoms with E-state index in [9.17, 15) is 0 Å². The van der Waals surface area contributed by atoms with Crippen LogP contribution in [-0.4, -0.2) is 0 Å². The summed E-state index contributed by atoms with van der Waals surface area (Å²) in [6.45, 7) is 31.1. The highest BCUT2D eigenvalue weighted by Gasteiger charge is 2.17. The molecule has 0 aromatic rings. The molecule has 154 valence electrons. The third-order valence-electron chi connectivity index (χ3n) is 3.34. The summed E-state index contributed by atoms with van der Waals surface area (Å²) in [4.78, 5) is 0. The lowest BCUT2D eigenvalue weighted by Crippen LogP contribution is -2.12. The van der Waals surface area contributed by atoms with Crippen LogP contribution in [0, 0.1) is 5.41 Å². The van der Waals surface area contributed by atoms with Crippen LogP contribution in [0.15, 0.2) is 12.7 Å². The van der Waals surface area contributed by atoms with Gasteiger partial charge in [0, 0.05) is 0 Å². The Balaban J connectivity index is -0.0000000483. The van der Waals surface area contributed by atoms with E-state index in [1.807, 2.05) is 34.6 Å². The van der Waals surface area contributed by atoms with Gasteiger partial charge in [-0.15, -0.1) is 6.58 Å². The average molecular weight is 347 g/mol. The standard InChI is InChI=1S/C10H22.C4H10.C3H8.C3H6.2C2H6/c1-5-8-9-10(4,6-2)7-3;1-3-4-2;2*1-3-2;2*1-2/h5-9H2,1-4H3;3-4H2,1-2H3;3H2,1-2H3;3H,1H2,2H3;2*1-2H3. The molecular formula is C24H58. The fourth-order valence-electron chi connectivity index (χ4n) is 1.21. The minimum absolute atomic E-state index is 0.635. The number of rotatable bonds is 6. The largest absolute Gasteiger partial charge is 0.103 e. The van der Waals surface area contributed by atoms with E-state index in [1.54, 1.807) is 6.08 Å². The van der Waals surface area contributed by atoms with E-state index in [-0.39, 0.29) is 0 Å². The highest BCUT2D eigenvalue weighted by atomic mass is 14.2. The van der Waals surface area contributed by atoms with Gasteiger partial charge in [-0.05, 0) is 18.8 Å². The minimum atomic E-state index is 0.635. The quantitative estimate of drug-likeness (QED) is 0.419. The molecule has 0 aromatic heterocycles. The molecule has 0 saturated carbocycles. The van der Waals surface area contributed by atoms with Gasteiger partial charge in [-0.3, -0.25) is 0 Å². The Morgan fingerprint density at radius 3 is 1.08 bits per heavy atom. The van der Waals surface area contributed by atoms with Gasteiger partial charge in [0.2, 0.25) is 0 Å². The van der Waals surface area contributed by atoms with Crippen LogP contribution in [-0.2, 0) is 0 Å². The number of hydrogen-bond donors (Lipinski definition) is 0. The molecule has 0 heterocycles. The second kappa shape index (κ2) is 49.5. The molecule has 0 unspecified atom stereocenters. The van der Waals surface area contributed by atoms with Crippen molar-refractivity contribution in [3.05, 3.63) is 12.7 Å². The first-order valence-electron chi connectivity index (χ1n) is 11.0. The second-order valence-corrected chi connectivity index (χ2v) is 5.74. The summed E-state index contributed by atoms with van der Waals surface area (Å²) < 4.78 is 0. The van der Waals surface area contributed by atoms with Crippen LogP contribution in [0.2, 0.25) is 0 Å². The van der Waals surface area contributed by atoms with E-state index in [4.69, 9.17) is 0 Å². The van der Waals surface area contributed by atoms with Crippen molar-refractivity contribution >= 4 is 0 Å². The van der Waals surface area contributed by atoms with Gasteiger partial charge < -0.3 is 0 Å². The van der Waals surface area contributed by atoms with Gasteiger partial charge in [0.15, 0.2) is 0 Å². The van der Waals surface area contributed by atoms with Gasteiger partial charge in [0.1, 0.15) is 0 Å². The molecule has 0 aliphatic rings. The molecule has 0 heteroatoms.